The fourth-order valence-corrected chi connectivity index (χ4v) is 4.15. The molecule has 0 aliphatic heterocycles. The summed E-state index contributed by atoms with van der Waals surface area (Å²) in [5.74, 6) is 1.72. The highest BCUT2D eigenvalue weighted by Crippen LogP contribution is 2.36. The van der Waals surface area contributed by atoms with Crippen LogP contribution in [0.5, 0.6) is 11.5 Å². The van der Waals surface area contributed by atoms with Crippen LogP contribution >= 0.6 is 11.6 Å². The molecule has 0 fully saturated rings. The largest absolute Gasteiger partial charge is 0.493 e. The first kappa shape index (κ1) is 25.9. The number of furan rings is 1. The van der Waals surface area contributed by atoms with Gasteiger partial charge in [-0.05, 0) is 53.5 Å². The molecular formula is C30H27ClN2O4. The number of hydrogen-bond donors (Lipinski definition) is 1. The van der Waals surface area contributed by atoms with Crippen LogP contribution in [0.15, 0.2) is 65.1 Å². The summed E-state index contributed by atoms with van der Waals surface area (Å²) in [7, 11) is 3.14. The van der Waals surface area contributed by atoms with Gasteiger partial charge in [0.15, 0.2) is 11.5 Å². The summed E-state index contributed by atoms with van der Waals surface area (Å²) in [6, 6.07) is 20.3. The quantitative estimate of drug-likeness (QED) is 0.198. The number of benzene rings is 3. The lowest BCUT2D eigenvalue weighted by Crippen LogP contribution is -2.27. The van der Waals surface area contributed by atoms with Gasteiger partial charge in [0.2, 0.25) is 0 Å². The van der Waals surface area contributed by atoms with Gasteiger partial charge in [-0.2, -0.15) is 5.26 Å². The number of halogens is 1. The van der Waals surface area contributed by atoms with Crippen molar-refractivity contribution in [1.82, 2.24) is 5.32 Å². The third-order valence-corrected chi connectivity index (χ3v) is 6.08. The van der Waals surface area contributed by atoms with E-state index in [1.54, 1.807) is 44.6 Å². The topological polar surface area (TPSA) is 84.5 Å². The summed E-state index contributed by atoms with van der Waals surface area (Å²) >= 11 is 6.23. The highest BCUT2D eigenvalue weighted by atomic mass is 35.5. The molecule has 0 unspecified atom stereocenters. The molecule has 37 heavy (non-hydrogen) atoms. The monoisotopic (exact) mass is 514 g/mol. The molecule has 0 saturated carbocycles. The molecular weight excluding hydrogens is 488 g/mol. The molecule has 1 aromatic heterocycles. The molecule has 0 radical (unpaired) electrons. The zero-order valence-electron chi connectivity index (χ0n) is 21.1. The van der Waals surface area contributed by atoms with Crippen molar-refractivity contribution >= 4 is 40.1 Å². The van der Waals surface area contributed by atoms with Crippen LogP contribution in [0.1, 0.15) is 35.3 Å². The van der Waals surface area contributed by atoms with Crippen LogP contribution in [0.3, 0.4) is 0 Å². The number of rotatable bonds is 8. The lowest BCUT2D eigenvalue weighted by atomic mass is 9.99. The van der Waals surface area contributed by atoms with Gasteiger partial charge < -0.3 is 19.2 Å². The first-order chi connectivity index (χ1) is 17.8. The summed E-state index contributed by atoms with van der Waals surface area (Å²) in [5.41, 5.74) is 3.73. The number of carbonyl (C=O) groups excluding carboxylic acids is 1. The molecule has 188 valence electrons. The highest BCUT2D eigenvalue weighted by Gasteiger charge is 2.22. The fraction of sp³-hybridized carbons (Fsp3) is 0.200. The Bertz CT molecular complexity index is 1510. The Labute approximate surface area is 221 Å². The van der Waals surface area contributed by atoms with Gasteiger partial charge in [-0.25, -0.2) is 0 Å². The molecule has 4 aromatic rings. The number of allylic oxidation sites excluding steroid dienone is 1. The van der Waals surface area contributed by atoms with Gasteiger partial charge in [-0.1, -0.05) is 55.8 Å². The van der Waals surface area contributed by atoms with Crippen LogP contribution < -0.4 is 14.8 Å². The van der Waals surface area contributed by atoms with Gasteiger partial charge in [-0.3, -0.25) is 4.79 Å². The van der Waals surface area contributed by atoms with Gasteiger partial charge in [0, 0.05) is 22.5 Å². The minimum atomic E-state index is -0.222. The first-order valence-corrected chi connectivity index (χ1v) is 12.2. The molecule has 1 N–H and O–H groups in total. The minimum Gasteiger partial charge on any atom is -0.493 e. The van der Waals surface area contributed by atoms with Crippen molar-refractivity contribution in [2.45, 2.75) is 13.8 Å². The SMILES string of the molecule is COc1ccc(/C=C(\C#N)c2ccc(-c3oc4ccc(Cl)cc4c3C(=O)NCC(C)C)cc2)cc1OC. The van der Waals surface area contributed by atoms with Crippen LogP contribution in [0.4, 0.5) is 0 Å². The molecule has 0 spiro atoms. The molecule has 1 heterocycles. The third kappa shape index (κ3) is 5.63. The number of hydrogen-bond acceptors (Lipinski definition) is 5. The zero-order valence-corrected chi connectivity index (χ0v) is 21.8. The Kier molecular flexibility index (Phi) is 7.86. The van der Waals surface area contributed by atoms with E-state index in [0.29, 0.717) is 62.4 Å². The summed E-state index contributed by atoms with van der Waals surface area (Å²) in [6.07, 6.45) is 1.78. The van der Waals surface area contributed by atoms with Gasteiger partial charge in [-0.15, -0.1) is 0 Å². The lowest BCUT2D eigenvalue weighted by Gasteiger charge is -2.09. The van der Waals surface area contributed by atoms with E-state index in [2.05, 4.69) is 11.4 Å². The molecule has 1 amide bonds. The number of ether oxygens (including phenoxy) is 2. The van der Waals surface area contributed by atoms with Crippen molar-refractivity contribution in [2.75, 3.05) is 20.8 Å². The van der Waals surface area contributed by atoms with E-state index >= 15 is 0 Å². The highest BCUT2D eigenvalue weighted by molar-refractivity contribution is 6.31. The Balaban J connectivity index is 1.72. The maximum Gasteiger partial charge on any atom is 0.255 e. The molecule has 6 nitrogen and oxygen atoms in total. The predicted molar refractivity (Wildman–Crippen MR) is 147 cm³/mol. The van der Waals surface area contributed by atoms with E-state index in [1.807, 2.05) is 50.2 Å². The van der Waals surface area contributed by atoms with Crippen molar-refractivity contribution in [1.29, 1.82) is 5.26 Å². The van der Waals surface area contributed by atoms with Crippen molar-refractivity contribution < 1.29 is 18.7 Å². The Morgan fingerprint density at radius 2 is 1.78 bits per heavy atom. The summed E-state index contributed by atoms with van der Waals surface area (Å²) < 4.78 is 16.8. The fourth-order valence-electron chi connectivity index (χ4n) is 3.97. The van der Waals surface area contributed by atoms with Gasteiger partial charge in [0.1, 0.15) is 11.3 Å². The number of fused-ring (bicyclic) bond motifs is 1. The summed E-state index contributed by atoms with van der Waals surface area (Å²) in [6.45, 7) is 4.61. The number of amides is 1. The number of carbonyl (C=O) groups is 1. The van der Waals surface area contributed by atoms with Crippen LogP contribution in [-0.4, -0.2) is 26.7 Å². The van der Waals surface area contributed by atoms with Crippen LogP contribution in [0, 0.1) is 17.2 Å². The molecule has 0 aliphatic rings. The Morgan fingerprint density at radius 1 is 1.05 bits per heavy atom. The van der Waals surface area contributed by atoms with Gasteiger partial charge >= 0.3 is 0 Å². The lowest BCUT2D eigenvalue weighted by molar-refractivity contribution is 0.0950. The van der Waals surface area contributed by atoms with Crippen LogP contribution in [-0.2, 0) is 0 Å². The average molecular weight is 515 g/mol. The third-order valence-electron chi connectivity index (χ3n) is 5.85. The van der Waals surface area contributed by atoms with Crippen molar-refractivity contribution in [3.63, 3.8) is 0 Å². The maximum absolute atomic E-state index is 13.2. The molecule has 0 aliphatic carbocycles. The second-order valence-electron chi connectivity index (χ2n) is 8.91. The van der Waals surface area contributed by atoms with E-state index < -0.39 is 0 Å². The van der Waals surface area contributed by atoms with Crippen LogP contribution in [0.25, 0.3) is 33.9 Å². The number of nitriles is 1. The van der Waals surface area contributed by atoms with Crippen molar-refractivity contribution in [3.05, 3.63) is 82.4 Å². The summed E-state index contributed by atoms with van der Waals surface area (Å²) in [4.78, 5) is 13.2. The predicted octanol–water partition coefficient (Wildman–Crippen LogP) is 7.22. The second kappa shape index (κ2) is 11.2. The van der Waals surface area contributed by atoms with Crippen molar-refractivity contribution in [3.8, 4) is 28.9 Å². The van der Waals surface area contributed by atoms with E-state index in [-0.39, 0.29) is 5.91 Å². The molecule has 3 aromatic carbocycles. The molecule has 4 rings (SSSR count). The molecule has 7 heteroatoms. The van der Waals surface area contributed by atoms with E-state index in [9.17, 15) is 10.1 Å². The maximum atomic E-state index is 13.2. The standard InChI is InChI=1S/C30H27ClN2O4/c1-18(2)17-33-30(34)28-24-15-23(31)10-12-25(24)37-29(28)21-8-6-20(7-9-21)22(16-32)13-19-5-11-26(35-3)27(14-19)36-4/h5-15,18H,17H2,1-4H3,(H,33,34)/b22-13+. The zero-order chi connectivity index (χ0) is 26.5. The molecule has 0 bridgehead atoms. The van der Waals surface area contributed by atoms with Gasteiger partial charge in [0.25, 0.3) is 5.91 Å². The normalized spacial score (nSPS) is 11.4. The van der Waals surface area contributed by atoms with Crippen molar-refractivity contribution in [2.24, 2.45) is 5.92 Å². The van der Waals surface area contributed by atoms with Gasteiger partial charge in [0.05, 0.1) is 31.4 Å². The Morgan fingerprint density at radius 3 is 2.43 bits per heavy atom. The first-order valence-electron chi connectivity index (χ1n) is 11.8. The summed E-state index contributed by atoms with van der Waals surface area (Å²) in [5, 5.41) is 14.0. The minimum absolute atomic E-state index is 0.222. The van der Waals surface area contributed by atoms with Crippen LogP contribution in [0.2, 0.25) is 5.02 Å². The van der Waals surface area contributed by atoms with E-state index in [4.69, 9.17) is 25.5 Å². The number of methoxy groups -OCH3 is 2. The van der Waals surface area contributed by atoms with E-state index in [1.165, 1.54) is 0 Å². The Hall–Kier alpha value is -4.21. The number of nitrogens with one attached hydrogen (secondary N) is 1. The smallest absolute Gasteiger partial charge is 0.255 e. The average Bonchev–Trinajstić information content (AvgIpc) is 3.29. The molecule has 0 atom stereocenters. The second-order valence-corrected chi connectivity index (χ2v) is 9.35. The van der Waals surface area contributed by atoms with E-state index in [0.717, 1.165) is 11.1 Å². The number of nitrogens with zero attached hydrogens (tertiary/aromatic N) is 1. The molecule has 0 saturated heterocycles.